The minimum Gasteiger partial charge on any atom is -0.309 e. The fourth-order valence-electron chi connectivity index (χ4n) is 2.04. The van der Waals surface area contributed by atoms with Crippen molar-refractivity contribution in [3.63, 3.8) is 0 Å². The molecule has 1 atom stereocenters. The summed E-state index contributed by atoms with van der Waals surface area (Å²) in [7, 11) is 2.02. The molecule has 96 valence electrons. The van der Waals surface area contributed by atoms with Crippen molar-refractivity contribution in [2.45, 2.75) is 26.3 Å². The van der Waals surface area contributed by atoms with Crippen LogP contribution in [0.4, 0.5) is 0 Å². The maximum Gasteiger partial charge on any atom is 0.0669 e. The molecule has 0 spiro atoms. The molecular weight excluding hydrogens is 306 g/mol. The molecule has 2 rings (SSSR count). The minimum atomic E-state index is 0.283. The Morgan fingerprint density at radius 1 is 1.28 bits per heavy atom. The summed E-state index contributed by atoms with van der Waals surface area (Å²) < 4.78 is 1.20. The predicted octanol–water partition coefficient (Wildman–Crippen LogP) is 4.69. The Hall–Kier alpha value is -0.640. The third kappa shape index (κ3) is 2.85. The van der Waals surface area contributed by atoms with Crippen molar-refractivity contribution in [2.24, 2.45) is 0 Å². The van der Waals surface area contributed by atoms with Crippen LogP contribution in [0.5, 0.6) is 0 Å². The number of thiophene rings is 1. The van der Waals surface area contributed by atoms with E-state index in [0.717, 1.165) is 6.42 Å². The standard InChI is InChI=1S/C15H18BrNS/c1-4-11-5-7-12(8-6-11)15(17-3)14-9-13(16)10(2)18-14/h5-9,15,17H,4H2,1-3H3. The molecule has 0 radical (unpaired) electrons. The number of hydrogen-bond donors (Lipinski definition) is 1. The van der Waals surface area contributed by atoms with Crippen LogP contribution in [0.15, 0.2) is 34.8 Å². The summed E-state index contributed by atoms with van der Waals surface area (Å²) in [6.45, 7) is 4.33. The van der Waals surface area contributed by atoms with Crippen LogP contribution in [-0.2, 0) is 6.42 Å². The van der Waals surface area contributed by atoms with E-state index in [0.29, 0.717) is 0 Å². The van der Waals surface area contributed by atoms with Gasteiger partial charge in [-0.3, -0.25) is 0 Å². The fraction of sp³-hybridized carbons (Fsp3) is 0.333. The van der Waals surface area contributed by atoms with Gasteiger partial charge in [-0.2, -0.15) is 0 Å². The van der Waals surface area contributed by atoms with Crippen LogP contribution < -0.4 is 5.32 Å². The third-order valence-corrected chi connectivity index (χ3v) is 5.37. The van der Waals surface area contributed by atoms with Crippen LogP contribution in [0.3, 0.4) is 0 Å². The van der Waals surface area contributed by atoms with Crippen LogP contribution in [0.1, 0.15) is 33.8 Å². The summed E-state index contributed by atoms with van der Waals surface area (Å²) in [6, 6.07) is 11.4. The summed E-state index contributed by atoms with van der Waals surface area (Å²) in [5.41, 5.74) is 2.71. The highest BCUT2D eigenvalue weighted by Crippen LogP contribution is 2.33. The number of benzene rings is 1. The van der Waals surface area contributed by atoms with Crippen LogP contribution >= 0.6 is 27.3 Å². The Bertz CT molecular complexity index is 496. The quantitative estimate of drug-likeness (QED) is 0.860. The molecule has 1 unspecified atom stereocenters. The minimum absolute atomic E-state index is 0.283. The Labute approximate surface area is 121 Å². The molecule has 1 N–H and O–H groups in total. The molecule has 1 aromatic carbocycles. The van der Waals surface area contributed by atoms with Gasteiger partial charge in [0.15, 0.2) is 0 Å². The van der Waals surface area contributed by atoms with E-state index in [2.05, 4.69) is 65.4 Å². The number of nitrogens with one attached hydrogen (secondary N) is 1. The molecule has 2 aromatic rings. The zero-order valence-electron chi connectivity index (χ0n) is 11.0. The first-order valence-electron chi connectivity index (χ1n) is 6.17. The van der Waals surface area contributed by atoms with Gasteiger partial charge in [0.1, 0.15) is 0 Å². The second-order valence-corrected chi connectivity index (χ2v) is 6.51. The molecule has 0 fully saturated rings. The second kappa shape index (κ2) is 6.00. The zero-order chi connectivity index (χ0) is 13.1. The average molecular weight is 324 g/mol. The van der Waals surface area contributed by atoms with Crippen LogP contribution in [0.2, 0.25) is 0 Å². The Morgan fingerprint density at radius 2 is 1.94 bits per heavy atom. The smallest absolute Gasteiger partial charge is 0.0669 e. The van der Waals surface area contributed by atoms with Gasteiger partial charge >= 0.3 is 0 Å². The van der Waals surface area contributed by atoms with Gasteiger partial charge in [0, 0.05) is 14.2 Å². The van der Waals surface area contributed by atoms with Crippen molar-refractivity contribution in [1.82, 2.24) is 5.32 Å². The molecule has 1 aromatic heterocycles. The summed E-state index contributed by atoms with van der Waals surface area (Å²) in [4.78, 5) is 2.68. The van der Waals surface area contributed by atoms with Crippen molar-refractivity contribution in [3.8, 4) is 0 Å². The third-order valence-electron chi connectivity index (χ3n) is 3.17. The van der Waals surface area contributed by atoms with Gasteiger partial charge in [-0.15, -0.1) is 11.3 Å². The van der Waals surface area contributed by atoms with Gasteiger partial charge in [-0.1, -0.05) is 31.2 Å². The van der Waals surface area contributed by atoms with Gasteiger partial charge in [0.2, 0.25) is 0 Å². The van der Waals surface area contributed by atoms with Gasteiger partial charge in [-0.05, 0) is 53.5 Å². The topological polar surface area (TPSA) is 12.0 Å². The van der Waals surface area contributed by atoms with E-state index in [4.69, 9.17) is 0 Å². The number of hydrogen-bond acceptors (Lipinski definition) is 2. The molecule has 0 saturated carbocycles. The first-order chi connectivity index (χ1) is 8.65. The van der Waals surface area contributed by atoms with E-state index in [9.17, 15) is 0 Å². The molecule has 18 heavy (non-hydrogen) atoms. The van der Waals surface area contributed by atoms with E-state index >= 15 is 0 Å². The van der Waals surface area contributed by atoms with E-state index < -0.39 is 0 Å². The van der Waals surface area contributed by atoms with E-state index in [1.807, 2.05) is 18.4 Å². The van der Waals surface area contributed by atoms with E-state index in [1.54, 1.807) is 0 Å². The van der Waals surface area contributed by atoms with Gasteiger partial charge in [-0.25, -0.2) is 0 Å². The molecule has 3 heteroatoms. The average Bonchev–Trinajstić information content (AvgIpc) is 2.71. The van der Waals surface area contributed by atoms with Crippen LogP contribution in [0, 0.1) is 6.92 Å². The highest BCUT2D eigenvalue weighted by Gasteiger charge is 2.15. The number of aryl methyl sites for hydroxylation is 2. The van der Waals surface area contributed by atoms with Crippen molar-refractivity contribution < 1.29 is 0 Å². The number of rotatable bonds is 4. The molecular formula is C15H18BrNS. The first-order valence-corrected chi connectivity index (χ1v) is 7.78. The first kappa shape index (κ1) is 13.8. The van der Waals surface area contributed by atoms with Crippen molar-refractivity contribution in [2.75, 3.05) is 7.05 Å². The largest absolute Gasteiger partial charge is 0.309 e. The Balaban J connectivity index is 2.32. The predicted molar refractivity (Wildman–Crippen MR) is 83.5 cm³/mol. The lowest BCUT2D eigenvalue weighted by Crippen LogP contribution is -2.16. The lowest BCUT2D eigenvalue weighted by atomic mass is 10.0. The Morgan fingerprint density at radius 3 is 2.39 bits per heavy atom. The highest BCUT2D eigenvalue weighted by atomic mass is 79.9. The summed E-state index contributed by atoms with van der Waals surface area (Å²) in [5, 5.41) is 3.40. The lowest BCUT2D eigenvalue weighted by molar-refractivity contribution is 0.703. The molecule has 0 bridgehead atoms. The summed E-state index contributed by atoms with van der Waals surface area (Å²) in [5.74, 6) is 0. The highest BCUT2D eigenvalue weighted by molar-refractivity contribution is 9.10. The molecule has 0 saturated heterocycles. The molecule has 1 heterocycles. The van der Waals surface area contributed by atoms with Crippen LogP contribution in [0.25, 0.3) is 0 Å². The molecule has 0 aliphatic heterocycles. The maximum atomic E-state index is 3.59. The monoisotopic (exact) mass is 323 g/mol. The molecule has 0 aliphatic carbocycles. The summed E-state index contributed by atoms with van der Waals surface area (Å²) in [6.07, 6.45) is 1.09. The summed E-state index contributed by atoms with van der Waals surface area (Å²) >= 11 is 5.43. The zero-order valence-corrected chi connectivity index (χ0v) is 13.4. The Kier molecular flexibility index (Phi) is 4.60. The lowest BCUT2D eigenvalue weighted by Gasteiger charge is -2.15. The maximum absolute atomic E-state index is 3.59. The van der Waals surface area contributed by atoms with Crippen molar-refractivity contribution in [1.29, 1.82) is 0 Å². The molecule has 1 nitrogen and oxygen atoms in total. The van der Waals surface area contributed by atoms with Gasteiger partial charge < -0.3 is 5.32 Å². The van der Waals surface area contributed by atoms with Crippen molar-refractivity contribution in [3.05, 3.63) is 55.7 Å². The SMILES string of the molecule is CCc1ccc(C(NC)c2cc(Br)c(C)s2)cc1. The van der Waals surface area contributed by atoms with Gasteiger partial charge in [0.05, 0.1) is 6.04 Å². The van der Waals surface area contributed by atoms with E-state index in [1.165, 1.54) is 25.4 Å². The molecule has 0 amide bonds. The van der Waals surface area contributed by atoms with Crippen molar-refractivity contribution >= 4 is 27.3 Å². The van der Waals surface area contributed by atoms with Gasteiger partial charge in [0.25, 0.3) is 0 Å². The fourth-order valence-corrected chi connectivity index (χ4v) is 3.74. The molecule has 0 aliphatic rings. The normalized spacial score (nSPS) is 12.7. The van der Waals surface area contributed by atoms with Crippen LogP contribution in [-0.4, -0.2) is 7.05 Å². The van der Waals surface area contributed by atoms with E-state index in [-0.39, 0.29) is 6.04 Å². The number of halogens is 1. The second-order valence-electron chi connectivity index (χ2n) is 4.37.